The molecule has 3 nitrogen and oxygen atoms in total. The number of hydrogen-bond acceptors (Lipinski definition) is 3. The number of aryl methyl sites for hydroxylation is 1. The zero-order valence-corrected chi connectivity index (χ0v) is 18.4. The number of fused-ring (bicyclic) bond motifs is 1. The smallest absolute Gasteiger partial charge is 0.0835 e. The van der Waals surface area contributed by atoms with Gasteiger partial charge in [0.05, 0.1) is 32.5 Å². The molecular formula is C24H35ClO3. The van der Waals surface area contributed by atoms with Crippen molar-refractivity contribution in [3.63, 3.8) is 0 Å². The Morgan fingerprint density at radius 1 is 1.14 bits per heavy atom. The lowest BCUT2D eigenvalue weighted by molar-refractivity contribution is 0.0493. The standard InChI is InChI=1S/C24H35ClO3/c1-4-7-20(11-14-27-16-15-26-12-5-2)8-6-13-28-24-10-9-22-19(3)17-21(25)18-23(22)24/h6-8,17-18,24H,4-5,9-16H2,1-3H3/b8-6-,20-7+. The van der Waals surface area contributed by atoms with Crippen molar-refractivity contribution in [1.82, 2.24) is 0 Å². The molecule has 0 bridgehead atoms. The van der Waals surface area contributed by atoms with Gasteiger partial charge in [0, 0.05) is 11.6 Å². The van der Waals surface area contributed by atoms with Gasteiger partial charge in [-0.25, -0.2) is 0 Å². The van der Waals surface area contributed by atoms with E-state index in [4.69, 9.17) is 25.8 Å². The molecule has 1 aliphatic rings. The molecule has 1 unspecified atom stereocenters. The highest BCUT2D eigenvalue weighted by Crippen LogP contribution is 2.37. The molecule has 0 heterocycles. The lowest BCUT2D eigenvalue weighted by atomic mass is 10.0. The van der Waals surface area contributed by atoms with E-state index in [0.29, 0.717) is 19.8 Å². The molecule has 0 fully saturated rings. The average Bonchev–Trinajstić information content (AvgIpc) is 3.07. The molecule has 28 heavy (non-hydrogen) atoms. The van der Waals surface area contributed by atoms with Crippen molar-refractivity contribution in [3.05, 3.63) is 57.6 Å². The van der Waals surface area contributed by atoms with Crippen LogP contribution in [0.3, 0.4) is 0 Å². The molecule has 0 aliphatic heterocycles. The zero-order chi connectivity index (χ0) is 20.2. The Morgan fingerprint density at radius 3 is 2.68 bits per heavy atom. The summed E-state index contributed by atoms with van der Waals surface area (Å²) < 4.78 is 17.2. The Bertz CT molecular complexity index is 651. The average molecular weight is 407 g/mol. The fraction of sp³-hybridized carbons (Fsp3) is 0.583. The molecule has 0 N–H and O–H groups in total. The molecule has 156 valence electrons. The number of rotatable bonds is 13. The third-order valence-corrected chi connectivity index (χ3v) is 5.14. The number of allylic oxidation sites excluding steroid dienone is 2. The van der Waals surface area contributed by atoms with E-state index in [0.717, 1.165) is 50.3 Å². The summed E-state index contributed by atoms with van der Waals surface area (Å²) in [5.41, 5.74) is 5.25. The Hall–Kier alpha value is -1.13. The first kappa shape index (κ1) is 23.2. The van der Waals surface area contributed by atoms with Gasteiger partial charge in [-0.05, 0) is 73.4 Å². The van der Waals surface area contributed by atoms with Crippen LogP contribution in [0.5, 0.6) is 0 Å². The van der Waals surface area contributed by atoms with E-state index in [2.05, 4.69) is 45.1 Å². The second-order valence-corrected chi connectivity index (χ2v) is 7.65. The summed E-state index contributed by atoms with van der Waals surface area (Å²) in [5.74, 6) is 0. The Balaban J connectivity index is 1.73. The first-order valence-electron chi connectivity index (χ1n) is 10.6. The van der Waals surface area contributed by atoms with Crippen LogP contribution >= 0.6 is 11.6 Å². The molecule has 0 saturated heterocycles. The van der Waals surface area contributed by atoms with Crippen LogP contribution in [0.25, 0.3) is 0 Å². The van der Waals surface area contributed by atoms with Gasteiger partial charge in [-0.15, -0.1) is 0 Å². The van der Waals surface area contributed by atoms with Crippen LogP contribution in [0, 0.1) is 6.92 Å². The van der Waals surface area contributed by atoms with Gasteiger partial charge < -0.3 is 14.2 Å². The molecule has 0 amide bonds. The third kappa shape index (κ3) is 7.71. The van der Waals surface area contributed by atoms with E-state index in [9.17, 15) is 0 Å². The van der Waals surface area contributed by atoms with Crippen molar-refractivity contribution >= 4 is 11.6 Å². The summed E-state index contributed by atoms with van der Waals surface area (Å²) in [6, 6.07) is 4.11. The highest BCUT2D eigenvalue weighted by molar-refractivity contribution is 6.30. The first-order valence-corrected chi connectivity index (χ1v) is 10.9. The lowest BCUT2D eigenvalue weighted by Gasteiger charge is -2.13. The molecule has 1 aromatic rings. The summed E-state index contributed by atoms with van der Waals surface area (Å²) in [6.07, 6.45) is 11.8. The van der Waals surface area contributed by atoms with E-state index < -0.39 is 0 Å². The summed E-state index contributed by atoms with van der Waals surface area (Å²) in [6.45, 7) is 9.89. The van der Waals surface area contributed by atoms with Gasteiger partial charge in [0.2, 0.25) is 0 Å². The molecule has 1 aliphatic carbocycles. The maximum absolute atomic E-state index is 6.23. The van der Waals surface area contributed by atoms with Crippen LogP contribution in [0.1, 0.15) is 62.3 Å². The van der Waals surface area contributed by atoms with Gasteiger partial charge in [-0.1, -0.05) is 43.7 Å². The van der Waals surface area contributed by atoms with Crippen LogP contribution in [0.4, 0.5) is 0 Å². The highest BCUT2D eigenvalue weighted by Gasteiger charge is 2.24. The second-order valence-electron chi connectivity index (χ2n) is 7.22. The molecule has 1 atom stereocenters. The van der Waals surface area contributed by atoms with Crippen molar-refractivity contribution < 1.29 is 14.2 Å². The van der Waals surface area contributed by atoms with Crippen LogP contribution in [-0.4, -0.2) is 33.0 Å². The van der Waals surface area contributed by atoms with Crippen LogP contribution < -0.4 is 0 Å². The third-order valence-electron chi connectivity index (χ3n) is 4.92. The van der Waals surface area contributed by atoms with Crippen molar-refractivity contribution in [2.75, 3.05) is 33.0 Å². The topological polar surface area (TPSA) is 27.7 Å². The Labute approximate surface area is 175 Å². The molecule has 0 saturated carbocycles. The monoisotopic (exact) mass is 406 g/mol. The van der Waals surface area contributed by atoms with Gasteiger partial charge in [0.25, 0.3) is 0 Å². The Morgan fingerprint density at radius 2 is 1.93 bits per heavy atom. The maximum Gasteiger partial charge on any atom is 0.0835 e. The molecule has 0 aromatic heterocycles. The van der Waals surface area contributed by atoms with Gasteiger partial charge in [-0.3, -0.25) is 0 Å². The van der Waals surface area contributed by atoms with E-state index in [1.54, 1.807) is 0 Å². The molecule has 1 aromatic carbocycles. The fourth-order valence-electron chi connectivity index (χ4n) is 3.57. The van der Waals surface area contributed by atoms with Crippen molar-refractivity contribution in [1.29, 1.82) is 0 Å². The SMILES string of the molecule is CC/C=C(\C=C/COC1CCc2c(C)cc(Cl)cc21)CCOCCOCCC. The number of halogens is 1. The van der Waals surface area contributed by atoms with E-state index >= 15 is 0 Å². The molecule has 0 radical (unpaired) electrons. The van der Waals surface area contributed by atoms with Gasteiger partial charge in [0.15, 0.2) is 0 Å². The Kier molecular flexibility index (Phi) is 10.9. The predicted molar refractivity (Wildman–Crippen MR) is 117 cm³/mol. The second kappa shape index (κ2) is 13.2. The minimum atomic E-state index is 0.155. The number of ether oxygens (including phenoxy) is 3. The van der Waals surface area contributed by atoms with E-state index in [-0.39, 0.29) is 6.10 Å². The van der Waals surface area contributed by atoms with Crippen molar-refractivity contribution in [2.45, 2.75) is 59.0 Å². The normalized spacial score (nSPS) is 16.9. The summed E-state index contributed by atoms with van der Waals surface area (Å²) in [5, 5.41) is 0.801. The van der Waals surface area contributed by atoms with Crippen molar-refractivity contribution in [2.24, 2.45) is 0 Å². The van der Waals surface area contributed by atoms with E-state index in [1.165, 1.54) is 22.3 Å². The summed E-state index contributed by atoms with van der Waals surface area (Å²) in [4.78, 5) is 0. The molecular weight excluding hydrogens is 372 g/mol. The largest absolute Gasteiger partial charge is 0.379 e. The predicted octanol–water partition coefficient (Wildman–Crippen LogP) is 6.38. The molecule has 2 rings (SSSR count). The fourth-order valence-corrected chi connectivity index (χ4v) is 3.86. The minimum Gasteiger partial charge on any atom is -0.379 e. The zero-order valence-electron chi connectivity index (χ0n) is 17.6. The van der Waals surface area contributed by atoms with Gasteiger partial charge in [-0.2, -0.15) is 0 Å². The first-order chi connectivity index (χ1) is 13.7. The number of hydrogen-bond donors (Lipinski definition) is 0. The lowest BCUT2D eigenvalue weighted by Crippen LogP contribution is -2.06. The molecule has 4 heteroatoms. The van der Waals surface area contributed by atoms with E-state index in [1.807, 2.05) is 6.07 Å². The van der Waals surface area contributed by atoms with Crippen molar-refractivity contribution in [3.8, 4) is 0 Å². The minimum absolute atomic E-state index is 0.155. The quantitative estimate of drug-likeness (QED) is 0.281. The maximum atomic E-state index is 6.23. The molecule has 0 spiro atoms. The summed E-state index contributed by atoms with van der Waals surface area (Å²) in [7, 11) is 0. The summed E-state index contributed by atoms with van der Waals surface area (Å²) >= 11 is 6.23. The number of benzene rings is 1. The van der Waals surface area contributed by atoms with Gasteiger partial charge >= 0.3 is 0 Å². The van der Waals surface area contributed by atoms with Crippen LogP contribution in [-0.2, 0) is 20.6 Å². The van der Waals surface area contributed by atoms with Gasteiger partial charge in [0.1, 0.15) is 0 Å². The highest BCUT2D eigenvalue weighted by atomic mass is 35.5. The van der Waals surface area contributed by atoms with Crippen LogP contribution in [0.15, 0.2) is 35.9 Å². The van der Waals surface area contributed by atoms with Crippen LogP contribution in [0.2, 0.25) is 5.02 Å².